The van der Waals surface area contributed by atoms with Gasteiger partial charge in [0.1, 0.15) is 0 Å². The minimum Gasteiger partial charge on any atom is -0.308 e. The molecule has 1 aliphatic rings. The average molecular weight is 292 g/mol. The predicted octanol–water partition coefficient (Wildman–Crippen LogP) is 5.31. The van der Waals surface area contributed by atoms with Gasteiger partial charge in [-0.05, 0) is 63.8 Å². The van der Waals surface area contributed by atoms with Crippen LogP contribution in [0.15, 0.2) is 23.1 Å². The second-order valence-corrected chi connectivity index (χ2v) is 8.44. The fraction of sp³-hybridized carbons (Fsp3) is 0.667. The van der Waals surface area contributed by atoms with Gasteiger partial charge in [0.05, 0.1) is 0 Å². The molecule has 2 rings (SSSR count). The summed E-state index contributed by atoms with van der Waals surface area (Å²) >= 11 is 2.09. The Morgan fingerprint density at radius 1 is 1.15 bits per heavy atom. The molecule has 1 nitrogen and oxygen atoms in total. The van der Waals surface area contributed by atoms with Gasteiger partial charge in [-0.3, -0.25) is 0 Å². The maximum absolute atomic E-state index is 3.57. The minimum absolute atomic E-state index is 0.182. The third kappa shape index (κ3) is 5.14. The first-order valence-electron chi connectivity index (χ1n) is 7.95. The lowest BCUT2D eigenvalue weighted by molar-refractivity contribution is 0.424. The van der Waals surface area contributed by atoms with E-state index < -0.39 is 0 Å². The average Bonchev–Trinajstić information content (AvgIpc) is 2.38. The normalized spacial score (nSPS) is 17.4. The van der Waals surface area contributed by atoms with Crippen LogP contribution in [-0.4, -0.2) is 10.8 Å². The van der Waals surface area contributed by atoms with Gasteiger partial charge in [0.2, 0.25) is 0 Å². The molecular formula is C18H29NS. The van der Waals surface area contributed by atoms with Crippen LogP contribution < -0.4 is 5.32 Å². The number of nitrogens with one attached hydrogen (secondary N) is 1. The first-order chi connectivity index (χ1) is 9.44. The van der Waals surface area contributed by atoms with Gasteiger partial charge >= 0.3 is 0 Å². The Kier molecular flexibility index (Phi) is 5.57. The Morgan fingerprint density at radius 2 is 1.85 bits per heavy atom. The number of hydrogen-bond donors (Lipinski definition) is 1. The fourth-order valence-corrected chi connectivity index (χ4v) is 4.02. The number of hydrogen-bond acceptors (Lipinski definition) is 2. The second-order valence-electron chi connectivity index (χ2n) is 7.07. The molecule has 112 valence electrons. The van der Waals surface area contributed by atoms with E-state index in [0.29, 0.717) is 0 Å². The number of benzene rings is 1. The van der Waals surface area contributed by atoms with E-state index >= 15 is 0 Å². The summed E-state index contributed by atoms with van der Waals surface area (Å²) in [4.78, 5) is 1.45. The molecule has 1 N–H and O–H groups in total. The van der Waals surface area contributed by atoms with Gasteiger partial charge in [-0.1, -0.05) is 25.3 Å². The Balaban J connectivity index is 1.94. The topological polar surface area (TPSA) is 12.0 Å². The zero-order valence-electron chi connectivity index (χ0n) is 13.5. The lowest BCUT2D eigenvalue weighted by Crippen LogP contribution is -2.35. The first kappa shape index (κ1) is 15.9. The molecular weight excluding hydrogens is 262 g/mol. The van der Waals surface area contributed by atoms with Gasteiger partial charge in [0.15, 0.2) is 0 Å². The standard InChI is InChI=1S/C18H29NS/c1-14-12-17(20-16-8-6-5-7-9-16)11-10-15(14)13-19-18(2,3)4/h10-12,16,19H,5-9,13H2,1-4H3. The van der Waals surface area contributed by atoms with Crippen molar-refractivity contribution < 1.29 is 0 Å². The fourth-order valence-electron chi connectivity index (χ4n) is 2.68. The SMILES string of the molecule is Cc1cc(SC2CCCCC2)ccc1CNC(C)(C)C. The summed E-state index contributed by atoms with van der Waals surface area (Å²) < 4.78 is 0. The molecule has 1 aromatic carbocycles. The van der Waals surface area contributed by atoms with Crippen molar-refractivity contribution in [2.75, 3.05) is 0 Å². The molecule has 0 amide bonds. The van der Waals surface area contributed by atoms with Crippen molar-refractivity contribution in [1.82, 2.24) is 5.32 Å². The van der Waals surface area contributed by atoms with Crippen molar-refractivity contribution in [2.45, 2.75) is 82.0 Å². The molecule has 1 saturated carbocycles. The predicted molar refractivity (Wildman–Crippen MR) is 90.5 cm³/mol. The molecule has 0 unspecified atom stereocenters. The highest BCUT2D eigenvalue weighted by atomic mass is 32.2. The molecule has 0 radical (unpaired) electrons. The Morgan fingerprint density at radius 3 is 2.45 bits per heavy atom. The van der Waals surface area contributed by atoms with Crippen LogP contribution >= 0.6 is 11.8 Å². The van der Waals surface area contributed by atoms with Crippen LogP contribution in [0.25, 0.3) is 0 Å². The van der Waals surface area contributed by atoms with Gasteiger partial charge in [0, 0.05) is 22.2 Å². The highest BCUT2D eigenvalue weighted by molar-refractivity contribution is 8.00. The van der Waals surface area contributed by atoms with E-state index in [1.165, 1.54) is 48.1 Å². The van der Waals surface area contributed by atoms with Gasteiger partial charge < -0.3 is 5.32 Å². The van der Waals surface area contributed by atoms with E-state index in [1.54, 1.807) is 0 Å². The summed E-state index contributed by atoms with van der Waals surface area (Å²) in [5.74, 6) is 0. The molecule has 1 fully saturated rings. The van der Waals surface area contributed by atoms with E-state index in [0.717, 1.165) is 11.8 Å². The van der Waals surface area contributed by atoms with Crippen LogP contribution in [0.1, 0.15) is 64.0 Å². The maximum Gasteiger partial charge on any atom is 0.0212 e. The molecule has 0 aromatic heterocycles. The lowest BCUT2D eigenvalue weighted by atomic mass is 10.0. The third-order valence-electron chi connectivity index (χ3n) is 3.98. The summed E-state index contributed by atoms with van der Waals surface area (Å²) in [5.41, 5.74) is 3.03. The van der Waals surface area contributed by atoms with Crippen molar-refractivity contribution in [1.29, 1.82) is 0 Å². The van der Waals surface area contributed by atoms with Gasteiger partial charge in [-0.25, -0.2) is 0 Å². The van der Waals surface area contributed by atoms with Crippen molar-refractivity contribution >= 4 is 11.8 Å². The zero-order chi connectivity index (χ0) is 14.6. The van der Waals surface area contributed by atoms with Gasteiger partial charge in [-0.15, -0.1) is 11.8 Å². The van der Waals surface area contributed by atoms with Crippen molar-refractivity contribution in [3.8, 4) is 0 Å². The number of rotatable bonds is 4. The van der Waals surface area contributed by atoms with Crippen LogP contribution in [0.2, 0.25) is 0 Å². The largest absolute Gasteiger partial charge is 0.308 e. The quantitative estimate of drug-likeness (QED) is 0.807. The van der Waals surface area contributed by atoms with E-state index in [1.807, 2.05) is 0 Å². The number of aryl methyl sites for hydroxylation is 1. The molecule has 0 bridgehead atoms. The van der Waals surface area contributed by atoms with Crippen molar-refractivity contribution in [2.24, 2.45) is 0 Å². The van der Waals surface area contributed by atoms with E-state index in [-0.39, 0.29) is 5.54 Å². The van der Waals surface area contributed by atoms with E-state index in [2.05, 4.69) is 63.0 Å². The van der Waals surface area contributed by atoms with Crippen LogP contribution in [0.3, 0.4) is 0 Å². The Labute approximate surface area is 128 Å². The molecule has 0 heterocycles. The smallest absolute Gasteiger partial charge is 0.0212 e. The molecule has 2 heteroatoms. The van der Waals surface area contributed by atoms with Crippen molar-refractivity contribution in [3.63, 3.8) is 0 Å². The summed E-state index contributed by atoms with van der Waals surface area (Å²) in [6.07, 6.45) is 7.08. The van der Waals surface area contributed by atoms with Gasteiger partial charge in [0.25, 0.3) is 0 Å². The second kappa shape index (κ2) is 7.00. The van der Waals surface area contributed by atoms with Crippen LogP contribution in [-0.2, 0) is 6.54 Å². The van der Waals surface area contributed by atoms with Gasteiger partial charge in [-0.2, -0.15) is 0 Å². The molecule has 1 aromatic rings. The van der Waals surface area contributed by atoms with E-state index in [4.69, 9.17) is 0 Å². The molecule has 0 atom stereocenters. The lowest BCUT2D eigenvalue weighted by Gasteiger charge is -2.23. The maximum atomic E-state index is 3.57. The molecule has 0 spiro atoms. The Bertz CT molecular complexity index is 428. The molecule has 0 aliphatic heterocycles. The minimum atomic E-state index is 0.182. The van der Waals surface area contributed by atoms with E-state index in [9.17, 15) is 0 Å². The Hall–Kier alpha value is -0.470. The molecule has 20 heavy (non-hydrogen) atoms. The van der Waals surface area contributed by atoms with Crippen LogP contribution in [0.4, 0.5) is 0 Å². The summed E-state index contributed by atoms with van der Waals surface area (Å²) in [6.45, 7) is 9.86. The van der Waals surface area contributed by atoms with Crippen LogP contribution in [0, 0.1) is 6.92 Å². The monoisotopic (exact) mass is 291 g/mol. The number of thioether (sulfide) groups is 1. The highest BCUT2D eigenvalue weighted by Gasteiger charge is 2.15. The van der Waals surface area contributed by atoms with Crippen LogP contribution in [0.5, 0.6) is 0 Å². The highest BCUT2D eigenvalue weighted by Crippen LogP contribution is 2.34. The molecule has 1 aliphatic carbocycles. The summed E-state index contributed by atoms with van der Waals surface area (Å²) in [6, 6.07) is 6.99. The summed E-state index contributed by atoms with van der Waals surface area (Å²) in [5, 5.41) is 4.42. The van der Waals surface area contributed by atoms with Crippen molar-refractivity contribution in [3.05, 3.63) is 29.3 Å². The first-order valence-corrected chi connectivity index (χ1v) is 8.83. The summed E-state index contributed by atoms with van der Waals surface area (Å²) in [7, 11) is 0. The zero-order valence-corrected chi connectivity index (χ0v) is 14.3. The molecule has 0 saturated heterocycles. The third-order valence-corrected chi connectivity index (χ3v) is 5.31.